The average molecular weight is 525 g/mol. The van der Waals surface area contributed by atoms with Gasteiger partial charge in [-0.05, 0) is 123 Å². The molecule has 1 aromatic rings. The summed E-state index contributed by atoms with van der Waals surface area (Å²) >= 11 is 0. The molecular formula is C33H48O5. The fourth-order valence-electron chi connectivity index (χ4n) is 9.63. The molecule has 0 aromatic heterocycles. The van der Waals surface area contributed by atoms with Crippen molar-refractivity contribution in [2.75, 3.05) is 20.3 Å². The van der Waals surface area contributed by atoms with E-state index in [-0.39, 0.29) is 34.9 Å². The van der Waals surface area contributed by atoms with E-state index < -0.39 is 5.60 Å². The van der Waals surface area contributed by atoms with E-state index in [1.165, 1.54) is 6.42 Å². The van der Waals surface area contributed by atoms with E-state index in [2.05, 4.69) is 25.7 Å². The van der Waals surface area contributed by atoms with Crippen LogP contribution in [0.2, 0.25) is 0 Å². The third-order valence-electron chi connectivity index (χ3n) is 11.5. The summed E-state index contributed by atoms with van der Waals surface area (Å²) < 4.78 is 10.7. The molecule has 4 fully saturated rings. The van der Waals surface area contributed by atoms with Crippen molar-refractivity contribution in [3.8, 4) is 17.6 Å². The van der Waals surface area contributed by atoms with Crippen LogP contribution in [0.15, 0.2) is 24.3 Å². The molecule has 0 heterocycles. The van der Waals surface area contributed by atoms with Crippen molar-refractivity contribution in [1.29, 1.82) is 0 Å². The van der Waals surface area contributed by atoms with Gasteiger partial charge in [-0.25, -0.2) is 0 Å². The van der Waals surface area contributed by atoms with Gasteiger partial charge in [0.15, 0.2) is 0 Å². The van der Waals surface area contributed by atoms with E-state index in [9.17, 15) is 15.3 Å². The van der Waals surface area contributed by atoms with Gasteiger partial charge in [0.25, 0.3) is 0 Å². The number of fused-ring (bicyclic) bond motifs is 5. The van der Waals surface area contributed by atoms with Crippen molar-refractivity contribution in [3.63, 3.8) is 0 Å². The molecule has 210 valence electrons. The summed E-state index contributed by atoms with van der Waals surface area (Å²) in [5, 5.41) is 33.4. The largest absolute Gasteiger partial charge is 0.491 e. The van der Waals surface area contributed by atoms with Crippen LogP contribution in [-0.4, -0.2) is 53.5 Å². The first-order valence-corrected chi connectivity index (χ1v) is 14.9. The number of ether oxygens (including phenoxy) is 2. The van der Waals surface area contributed by atoms with Crippen LogP contribution in [0.5, 0.6) is 5.75 Å². The molecule has 0 bridgehead atoms. The standard InChI is InChI=1S/C33H48O5/c1-31-16-13-23(34)20-28(31)29(35)21-25-26-11-12-30(32(26,2)17-14-27(25)31)33(3,36)15-5-6-22-7-9-24(10-8-22)38-19-18-37-4/h7-10,23,25-30,34-36H,11-21H2,1-4H3/t23?,25?,26-,27?,28?,29-,30?,31?,32?,33-/m0/s1. The van der Waals surface area contributed by atoms with E-state index in [4.69, 9.17) is 9.47 Å². The molecule has 4 aliphatic rings. The average Bonchev–Trinajstić information content (AvgIpc) is 3.25. The normalized spacial score (nSPS) is 41.6. The zero-order chi connectivity index (χ0) is 27.1. The Bertz CT molecular complexity index is 1020. The Hall–Kier alpha value is -1.58. The maximum atomic E-state index is 11.8. The minimum absolute atomic E-state index is 0.0740. The summed E-state index contributed by atoms with van der Waals surface area (Å²) in [5.41, 5.74) is 0.276. The minimum Gasteiger partial charge on any atom is -0.491 e. The molecule has 0 spiro atoms. The van der Waals surface area contributed by atoms with Crippen LogP contribution in [0, 0.1) is 52.3 Å². The highest BCUT2D eigenvalue weighted by Crippen LogP contribution is 2.68. The SMILES string of the molecule is COCCOc1ccc(C#CC[C@](C)(O)C2CC[C@H]3C4C[C@H](O)C5CC(O)CCC5(C)C4CCC23C)cc1. The maximum Gasteiger partial charge on any atom is 0.119 e. The topological polar surface area (TPSA) is 79.2 Å². The first-order chi connectivity index (χ1) is 18.1. The van der Waals surface area contributed by atoms with E-state index in [0.717, 1.165) is 56.3 Å². The number of aliphatic hydroxyl groups excluding tert-OH is 2. The van der Waals surface area contributed by atoms with Crippen molar-refractivity contribution in [1.82, 2.24) is 0 Å². The van der Waals surface area contributed by atoms with Crippen LogP contribution in [0.4, 0.5) is 0 Å². The smallest absolute Gasteiger partial charge is 0.119 e. The summed E-state index contributed by atoms with van der Waals surface area (Å²) in [6.07, 6.45) is 7.85. The molecule has 38 heavy (non-hydrogen) atoms. The molecule has 3 N–H and O–H groups in total. The van der Waals surface area contributed by atoms with Gasteiger partial charge in [0.1, 0.15) is 12.4 Å². The summed E-state index contributed by atoms with van der Waals surface area (Å²) in [7, 11) is 1.66. The molecule has 0 radical (unpaired) electrons. The maximum absolute atomic E-state index is 11.8. The van der Waals surface area contributed by atoms with Crippen LogP contribution in [-0.2, 0) is 4.74 Å². The van der Waals surface area contributed by atoms with Crippen LogP contribution < -0.4 is 4.74 Å². The van der Waals surface area contributed by atoms with Crippen LogP contribution in [0.1, 0.15) is 84.1 Å². The molecule has 0 amide bonds. The molecule has 4 saturated carbocycles. The van der Waals surface area contributed by atoms with E-state index in [1.54, 1.807) is 7.11 Å². The van der Waals surface area contributed by atoms with Crippen molar-refractivity contribution in [2.45, 2.75) is 96.4 Å². The Labute approximate surface area is 229 Å². The first kappa shape index (κ1) is 28.0. The second-order valence-corrected chi connectivity index (χ2v) is 13.6. The predicted molar refractivity (Wildman–Crippen MR) is 149 cm³/mol. The molecule has 10 atom stereocenters. The highest BCUT2D eigenvalue weighted by atomic mass is 16.5. The molecule has 7 unspecified atom stereocenters. The number of hydrogen-bond acceptors (Lipinski definition) is 5. The summed E-state index contributed by atoms with van der Waals surface area (Å²) in [4.78, 5) is 0. The Morgan fingerprint density at radius 1 is 0.921 bits per heavy atom. The van der Waals surface area contributed by atoms with E-state index in [0.29, 0.717) is 37.4 Å². The van der Waals surface area contributed by atoms with Gasteiger partial charge in [0.2, 0.25) is 0 Å². The van der Waals surface area contributed by atoms with Crippen LogP contribution in [0.25, 0.3) is 0 Å². The second-order valence-electron chi connectivity index (χ2n) is 13.6. The van der Waals surface area contributed by atoms with Gasteiger partial charge < -0.3 is 24.8 Å². The zero-order valence-electron chi connectivity index (χ0n) is 23.8. The fourth-order valence-corrected chi connectivity index (χ4v) is 9.63. The first-order valence-electron chi connectivity index (χ1n) is 14.9. The van der Waals surface area contributed by atoms with Crippen LogP contribution >= 0.6 is 0 Å². The van der Waals surface area contributed by atoms with Crippen molar-refractivity contribution in [2.24, 2.45) is 40.4 Å². The second kappa shape index (κ2) is 10.8. The predicted octanol–water partition coefficient (Wildman–Crippen LogP) is 5.20. The van der Waals surface area contributed by atoms with Gasteiger partial charge in [-0.2, -0.15) is 0 Å². The Morgan fingerprint density at radius 3 is 2.37 bits per heavy atom. The van der Waals surface area contributed by atoms with Gasteiger partial charge in [0, 0.05) is 19.1 Å². The van der Waals surface area contributed by atoms with Crippen LogP contribution in [0.3, 0.4) is 0 Å². The molecular weight excluding hydrogens is 476 g/mol. The number of hydrogen-bond donors (Lipinski definition) is 3. The Balaban J connectivity index is 1.26. The number of rotatable bonds is 6. The van der Waals surface area contributed by atoms with Crippen molar-refractivity contribution >= 4 is 0 Å². The Kier molecular flexibility index (Phi) is 7.93. The monoisotopic (exact) mass is 524 g/mol. The number of aliphatic hydroxyl groups is 3. The van der Waals surface area contributed by atoms with Gasteiger partial charge in [0.05, 0.1) is 24.4 Å². The molecule has 0 aliphatic heterocycles. The molecule has 4 aliphatic carbocycles. The zero-order valence-corrected chi connectivity index (χ0v) is 23.8. The van der Waals surface area contributed by atoms with Gasteiger partial charge in [-0.15, -0.1) is 0 Å². The molecule has 0 saturated heterocycles. The third kappa shape index (κ3) is 5.03. The lowest BCUT2D eigenvalue weighted by Crippen LogP contribution is -2.59. The lowest BCUT2D eigenvalue weighted by molar-refractivity contribution is -0.178. The third-order valence-corrected chi connectivity index (χ3v) is 11.5. The number of methoxy groups -OCH3 is 1. The van der Waals surface area contributed by atoms with E-state index >= 15 is 0 Å². The van der Waals surface area contributed by atoms with Gasteiger partial charge >= 0.3 is 0 Å². The molecule has 1 aromatic carbocycles. The molecule has 5 rings (SSSR count). The Morgan fingerprint density at radius 2 is 1.63 bits per heavy atom. The van der Waals surface area contributed by atoms with Gasteiger partial charge in [-0.1, -0.05) is 25.7 Å². The van der Waals surface area contributed by atoms with Crippen molar-refractivity contribution in [3.05, 3.63) is 29.8 Å². The highest BCUT2D eigenvalue weighted by Gasteiger charge is 2.63. The molecule has 5 heteroatoms. The van der Waals surface area contributed by atoms with Crippen molar-refractivity contribution < 1.29 is 24.8 Å². The summed E-state index contributed by atoms with van der Waals surface area (Å²) in [6.45, 7) is 7.90. The number of benzene rings is 1. The van der Waals surface area contributed by atoms with E-state index in [1.807, 2.05) is 31.2 Å². The lowest BCUT2D eigenvalue weighted by Gasteiger charge is -2.62. The van der Waals surface area contributed by atoms with Gasteiger partial charge in [-0.3, -0.25) is 0 Å². The molecule has 5 nitrogen and oxygen atoms in total. The minimum atomic E-state index is -0.846. The summed E-state index contributed by atoms with van der Waals surface area (Å²) in [5.74, 6) is 9.44. The fraction of sp³-hybridized carbons (Fsp3) is 0.758. The summed E-state index contributed by atoms with van der Waals surface area (Å²) in [6, 6.07) is 7.78. The highest BCUT2D eigenvalue weighted by molar-refractivity contribution is 5.38. The lowest BCUT2D eigenvalue weighted by atomic mass is 9.43. The quantitative estimate of drug-likeness (QED) is 0.352.